The molecule has 3 rings (SSSR count). The summed E-state index contributed by atoms with van der Waals surface area (Å²) in [5.41, 5.74) is 1.59. The van der Waals surface area contributed by atoms with Crippen molar-refractivity contribution in [1.29, 1.82) is 0 Å². The molecule has 0 saturated heterocycles. The second-order valence-electron chi connectivity index (χ2n) is 5.47. The van der Waals surface area contributed by atoms with Gasteiger partial charge < -0.3 is 5.32 Å². The van der Waals surface area contributed by atoms with Gasteiger partial charge in [-0.25, -0.2) is 18.1 Å². The SMILES string of the molecule is CNS(=O)(=O)Cc1ccc(CNC(=O)c2cnc(-c3cccs3)s2)cc1. The van der Waals surface area contributed by atoms with Crippen molar-refractivity contribution in [2.24, 2.45) is 0 Å². The van der Waals surface area contributed by atoms with E-state index in [1.807, 2.05) is 29.6 Å². The predicted octanol–water partition coefficient (Wildman–Crippen LogP) is 2.85. The van der Waals surface area contributed by atoms with Crippen LogP contribution in [0.25, 0.3) is 9.88 Å². The summed E-state index contributed by atoms with van der Waals surface area (Å²) in [5, 5.41) is 5.66. The lowest BCUT2D eigenvalue weighted by Crippen LogP contribution is -2.22. The van der Waals surface area contributed by atoms with Crippen molar-refractivity contribution < 1.29 is 13.2 Å². The van der Waals surface area contributed by atoms with Crippen LogP contribution in [-0.2, 0) is 22.3 Å². The molecule has 0 aliphatic carbocycles. The quantitative estimate of drug-likeness (QED) is 0.630. The predicted molar refractivity (Wildman–Crippen MR) is 105 cm³/mol. The molecule has 0 saturated carbocycles. The molecular formula is C17H17N3O3S3. The van der Waals surface area contributed by atoms with E-state index >= 15 is 0 Å². The van der Waals surface area contributed by atoms with Crippen LogP contribution in [0.1, 0.15) is 20.8 Å². The Morgan fingerprint density at radius 3 is 2.54 bits per heavy atom. The van der Waals surface area contributed by atoms with Gasteiger partial charge in [-0.1, -0.05) is 30.3 Å². The first-order chi connectivity index (χ1) is 12.5. The highest BCUT2D eigenvalue weighted by atomic mass is 32.2. The second kappa shape index (κ2) is 8.09. The molecule has 1 amide bonds. The zero-order chi connectivity index (χ0) is 18.6. The molecule has 0 bridgehead atoms. The van der Waals surface area contributed by atoms with Gasteiger partial charge in [0, 0.05) is 6.54 Å². The number of sulfonamides is 1. The zero-order valence-electron chi connectivity index (χ0n) is 13.9. The number of nitrogens with one attached hydrogen (secondary N) is 2. The molecule has 6 nitrogen and oxygen atoms in total. The summed E-state index contributed by atoms with van der Waals surface area (Å²) in [5.74, 6) is -0.241. The lowest BCUT2D eigenvalue weighted by molar-refractivity contribution is 0.0954. The minimum Gasteiger partial charge on any atom is -0.347 e. The number of carbonyl (C=O) groups is 1. The van der Waals surface area contributed by atoms with Crippen molar-refractivity contribution >= 4 is 38.6 Å². The van der Waals surface area contributed by atoms with Crippen molar-refractivity contribution in [1.82, 2.24) is 15.0 Å². The Balaban J connectivity index is 1.58. The van der Waals surface area contributed by atoms with Crippen LogP contribution in [0.2, 0.25) is 0 Å². The van der Waals surface area contributed by atoms with Gasteiger partial charge in [-0.2, -0.15) is 0 Å². The maximum Gasteiger partial charge on any atom is 0.263 e. The third kappa shape index (κ3) is 4.76. The molecule has 0 atom stereocenters. The van der Waals surface area contributed by atoms with Gasteiger partial charge in [-0.05, 0) is 29.6 Å². The topological polar surface area (TPSA) is 88.2 Å². The third-order valence-electron chi connectivity index (χ3n) is 3.61. The van der Waals surface area contributed by atoms with Crippen molar-refractivity contribution in [2.75, 3.05) is 7.05 Å². The zero-order valence-corrected chi connectivity index (χ0v) is 16.4. The van der Waals surface area contributed by atoms with E-state index in [-0.39, 0.29) is 11.7 Å². The van der Waals surface area contributed by atoms with E-state index in [0.717, 1.165) is 15.4 Å². The Hall–Kier alpha value is -2.07. The van der Waals surface area contributed by atoms with Gasteiger partial charge in [0.15, 0.2) is 0 Å². The number of thiazole rings is 1. The van der Waals surface area contributed by atoms with Gasteiger partial charge in [-0.15, -0.1) is 22.7 Å². The Labute approximate surface area is 160 Å². The second-order valence-corrected chi connectivity index (χ2v) is 9.37. The standard InChI is InChI=1S/C17H17N3O3S3/c1-18-26(22,23)11-13-6-4-12(5-7-13)9-19-16(21)15-10-20-17(25-15)14-3-2-8-24-14/h2-8,10,18H,9,11H2,1H3,(H,19,21). The summed E-state index contributed by atoms with van der Waals surface area (Å²) in [6, 6.07) is 11.0. The molecule has 136 valence electrons. The van der Waals surface area contributed by atoms with Crippen LogP contribution in [-0.4, -0.2) is 26.4 Å². The summed E-state index contributed by atoms with van der Waals surface area (Å²) < 4.78 is 25.4. The molecule has 2 N–H and O–H groups in total. The molecule has 2 aromatic heterocycles. The summed E-state index contributed by atoms with van der Waals surface area (Å²) in [4.78, 5) is 18.2. The average Bonchev–Trinajstić information content (AvgIpc) is 3.32. The van der Waals surface area contributed by atoms with Crippen LogP contribution < -0.4 is 10.0 Å². The Morgan fingerprint density at radius 1 is 1.15 bits per heavy atom. The molecule has 26 heavy (non-hydrogen) atoms. The number of hydrogen-bond acceptors (Lipinski definition) is 6. The average molecular weight is 408 g/mol. The molecule has 0 spiro atoms. The highest BCUT2D eigenvalue weighted by molar-refractivity contribution is 7.88. The van der Waals surface area contributed by atoms with Crippen LogP contribution >= 0.6 is 22.7 Å². The fourth-order valence-electron chi connectivity index (χ4n) is 2.21. The van der Waals surface area contributed by atoms with Crippen LogP contribution in [0.15, 0.2) is 48.0 Å². The molecule has 0 unspecified atom stereocenters. The molecule has 0 aliphatic heterocycles. The fraction of sp³-hybridized carbons (Fsp3) is 0.176. The van der Waals surface area contributed by atoms with Crippen molar-refractivity contribution in [3.05, 3.63) is 64.0 Å². The van der Waals surface area contributed by atoms with Crippen molar-refractivity contribution in [2.45, 2.75) is 12.3 Å². The largest absolute Gasteiger partial charge is 0.347 e. The van der Waals surface area contributed by atoms with Gasteiger partial charge in [0.1, 0.15) is 9.88 Å². The van der Waals surface area contributed by atoms with Gasteiger partial charge in [0.2, 0.25) is 10.0 Å². The first kappa shape index (κ1) is 18.7. The molecular weight excluding hydrogens is 390 g/mol. The Kier molecular flexibility index (Phi) is 5.82. The van der Waals surface area contributed by atoms with Crippen molar-refractivity contribution in [3.63, 3.8) is 0 Å². The fourth-order valence-corrected chi connectivity index (χ4v) is 4.62. The van der Waals surface area contributed by atoms with Crippen LogP contribution in [0.4, 0.5) is 0 Å². The van der Waals surface area contributed by atoms with Gasteiger partial charge >= 0.3 is 0 Å². The number of aromatic nitrogens is 1. The molecule has 0 fully saturated rings. The molecule has 1 aromatic carbocycles. The minimum atomic E-state index is -3.29. The van der Waals surface area contributed by atoms with E-state index < -0.39 is 10.0 Å². The van der Waals surface area contributed by atoms with Crippen LogP contribution in [0.5, 0.6) is 0 Å². The molecule has 2 heterocycles. The van der Waals surface area contributed by atoms with Gasteiger partial charge in [0.25, 0.3) is 5.91 Å². The van der Waals surface area contributed by atoms with Crippen LogP contribution in [0.3, 0.4) is 0 Å². The number of amides is 1. The summed E-state index contributed by atoms with van der Waals surface area (Å²) >= 11 is 2.95. The molecule has 9 heteroatoms. The summed E-state index contributed by atoms with van der Waals surface area (Å²) in [7, 11) is -1.90. The maximum atomic E-state index is 12.3. The number of thiophene rings is 1. The number of carbonyl (C=O) groups excluding carboxylic acids is 1. The van der Waals surface area contributed by atoms with E-state index in [9.17, 15) is 13.2 Å². The Bertz CT molecular complexity index is 978. The van der Waals surface area contributed by atoms with E-state index in [1.165, 1.54) is 18.4 Å². The number of nitrogens with zero attached hydrogens (tertiary/aromatic N) is 1. The van der Waals surface area contributed by atoms with Gasteiger partial charge in [-0.3, -0.25) is 4.79 Å². The normalized spacial score (nSPS) is 11.4. The van der Waals surface area contributed by atoms with E-state index in [1.54, 1.807) is 29.7 Å². The first-order valence-corrected chi connectivity index (χ1v) is 11.1. The highest BCUT2D eigenvalue weighted by Crippen LogP contribution is 2.28. The third-order valence-corrected chi connectivity index (χ3v) is 6.98. The van der Waals surface area contributed by atoms with Crippen LogP contribution in [0, 0.1) is 0 Å². The summed E-state index contributed by atoms with van der Waals surface area (Å²) in [6.07, 6.45) is 1.58. The lowest BCUT2D eigenvalue weighted by atomic mass is 10.1. The number of rotatable bonds is 7. The monoisotopic (exact) mass is 407 g/mol. The van der Waals surface area contributed by atoms with E-state index in [2.05, 4.69) is 15.0 Å². The maximum absolute atomic E-state index is 12.3. The first-order valence-electron chi connectivity index (χ1n) is 7.74. The lowest BCUT2D eigenvalue weighted by Gasteiger charge is -2.06. The molecule has 3 aromatic rings. The van der Waals surface area contributed by atoms with Gasteiger partial charge in [0.05, 0.1) is 16.8 Å². The molecule has 0 aliphatic rings. The van der Waals surface area contributed by atoms with Crippen molar-refractivity contribution in [3.8, 4) is 9.88 Å². The smallest absolute Gasteiger partial charge is 0.263 e. The van der Waals surface area contributed by atoms with E-state index in [0.29, 0.717) is 17.0 Å². The highest BCUT2D eigenvalue weighted by Gasteiger charge is 2.12. The Morgan fingerprint density at radius 2 is 1.88 bits per heavy atom. The molecule has 0 radical (unpaired) electrons. The number of benzene rings is 1. The summed E-state index contributed by atoms with van der Waals surface area (Å²) in [6.45, 7) is 0.365. The number of hydrogen-bond donors (Lipinski definition) is 2. The minimum absolute atomic E-state index is 0.0670. The van der Waals surface area contributed by atoms with E-state index in [4.69, 9.17) is 0 Å².